The first-order chi connectivity index (χ1) is 8.92. The van der Waals surface area contributed by atoms with Crippen LogP contribution in [0.2, 0.25) is 0 Å². The van der Waals surface area contributed by atoms with Gasteiger partial charge in [0.05, 0.1) is 6.61 Å². The van der Waals surface area contributed by atoms with Gasteiger partial charge in [-0.2, -0.15) is 0 Å². The van der Waals surface area contributed by atoms with Gasteiger partial charge in [-0.05, 0) is 25.0 Å². The second-order valence-corrected chi connectivity index (χ2v) is 4.69. The number of rotatable bonds is 4. The topological polar surface area (TPSA) is 47.3 Å². The van der Waals surface area contributed by atoms with Crippen LogP contribution in [0.5, 0.6) is 0 Å². The van der Waals surface area contributed by atoms with Crippen LogP contribution in [0.3, 0.4) is 0 Å². The van der Waals surface area contributed by atoms with Crippen LogP contribution in [0, 0.1) is 0 Å². The van der Waals surface area contributed by atoms with Gasteiger partial charge in [-0.15, -0.1) is 0 Å². The van der Waals surface area contributed by atoms with Gasteiger partial charge in [-0.25, -0.2) is 4.98 Å². The van der Waals surface area contributed by atoms with Crippen LogP contribution in [0.25, 0.3) is 11.1 Å². The van der Waals surface area contributed by atoms with Crippen molar-refractivity contribution >= 4 is 11.1 Å². The molecule has 0 spiro atoms. The van der Waals surface area contributed by atoms with E-state index in [4.69, 9.17) is 9.15 Å². The average molecular weight is 246 g/mol. The van der Waals surface area contributed by atoms with E-state index in [0.717, 1.165) is 49.6 Å². The molecular formula is C14H18N2O2. The lowest BCUT2D eigenvalue weighted by molar-refractivity contribution is 0.0706. The minimum atomic E-state index is 0.489. The smallest absolute Gasteiger partial charge is 0.196 e. The van der Waals surface area contributed by atoms with Gasteiger partial charge in [0.15, 0.2) is 11.5 Å². The molecule has 4 nitrogen and oxygen atoms in total. The summed E-state index contributed by atoms with van der Waals surface area (Å²) in [7, 11) is 0. The highest BCUT2D eigenvalue weighted by Crippen LogP contribution is 2.14. The molecule has 0 aliphatic carbocycles. The number of para-hydroxylation sites is 2. The van der Waals surface area contributed by atoms with E-state index in [0.29, 0.717) is 6.04 Å². The normalized spacial score (nSPS) is 20.3. The third-order valence-electron chi connectivity index (χ3n) is 3.27. The van der Waals surface area contributed by atoms with E-state index in [1.807, 2.05) is 24.3 Å². The maximum absolute atomic E-state index is 5.68. The third kappa shape index (κ3) is 2.71. The minimum absolute atomic E-state index is 0.489. The molecule has 1 aromatic heterocycles. The van der Waals surface area contributed by atoms with Crippen molar-refractivity contribution in [1.82, 2.24) is 10.3 Å². The largest absolute Gasteiger partial charge is 0.441 e. The third-order valence-corrected chi connectivity index (χ3v) is 3.27. The molecule has 18 heavy (non-hydrogen) atoms. The molecule has 3 rings (SSSR count). The minimum Gasteiger partial charge on any atom is -0.441 e. The summed E-state index contributed by atoms with van der Waals surface area (Å²) < 4.78 is 11.1. The highest BCUT2D eigenvalue weighted by Gasteiger charge is 2.13. The number of hydrogen-bond acceptors (Lipinski definition) is 4. The molecule has 2 aromatic rings. The zero-order valence-corrected chi connectivity index (χ0v) is 10.4. The van der Waals surface area contributed by atoms with Crippen LogP contribution in [0.15, 0.2) is 28.7 Å². The second-order valence-electron chi connectivity index (χ2n) is 4.69. The molecule has 1 N–H and O–H groups in total. The van der Waals surface area contributed by atoms with Gasteiger partial charge >= 0.3 is 0 Å². The molecule has 2 heterocycles. The Kier molecular flexibility index (Phi) is 3.57. The fourth-order valence-corrected chi connectivity index (χ4v) is 2.31. The highest BCUT2D eigenvalue weighted by atomic mass is 16.5. The Morgan fingerprint density at radius 3 is 3.11 bits per heavy atom. The van der Waals surface area contributed by atoms with Gasteiger partial charge in [-0.1, -0.05) is 12.1 Å². The zero-order valence-electron chi connectivity index (χ0n) is 10.4. The van der Waals surface area contributed by atoms with Crippen molar-refractivity contribution in [3.63, 3.8) is 0 Å². The van der Waals surface area contributed by atoms with E-state index in [9.17, 15) is 0 Å². The molecule has 0 unspecified atom stereocenters. The van der Waals surface area contributed by atoms with Crippen molar-refractivity contribution in [2.75, 3.05) is 19.8 Å². The molecule has 0 bridgehead atoms. The molecule has 1 aromatic carbocycles. The summed E-state index contributed by atoms with van der Waals surface area (Å²) in [6, 6.07) is 8.36. The van der Waals surface area contributed by atoms with Gasteiger partial charge in [0.25, 0.3) is 0 Å². The van der Waals surface area contributed by atoms with E-state index >= 15 is 0 Å². The SMILES string of the molecule is c1ccc2oc(CCN[C@H]3CCCOC3)nc2c1. The Hall–Kier alpha value is -1.39. The maximum atomic E-state index is 5.68. The quantitative estimate of drug-likeness (QED) is 0.898. The molecule has 4 heteroatoms. The van der Waals surface area contributed by atoms with Crippen LogP contribution in [-0.4, -0.2) is 30.8 Å². The summed E-state index contributed by atoms with van der Waals surface area (Å²) in [5, 5.41) is 3.49. The first-order valence-electron chi connectivity index (χ1n) is 6.57. The van der Waals surface area contributed by atoms with E-state index in [2.05, 4.69) is 10.3 Å². The fourth-order valence-electron chi connectivity index (χ4n) is 2.31. The van der Waals surface area contributed by atoms with Crippen molar-refractivity contribution in [3.05, 3.63) is 30.2 Å². The number of ether oxygens (including phenoxy) is 1. The lowest BCUT2D eigenvalue weighted by atomic mass is 10.1. The summed E-state index contributed by atoms with van der Waals surface area (Å²) in [6.45, 7) is 2.62. The number of nitrogens with zero attached hydrogens (tertiary/aromatic N) is 1. The molecule has 1 aliphatic heterocycles. The summed E-state index contributed by atoms with van der Waals surface area (Å²) in [6.07, 6.45) is 3.18. The first kappa shape index (κ1) is 11.7. The van der Waals surface area contributed by atoms with E-state index < -0.39 is 0 Å². The van der Waals surface area contributed by atoms with Crippen LogP contribution in [-0.2, 0) is 11.2 Å². The number of oxazole rings is 1. The molecule has 0 amide bonds. The molecule has 1 aliphatic rings. The van der Waals surface area contributed by atoms with Crippen molar-refractivity contribution in [3.8, 4) is 0 Å². The lowest BCUT2D eigenvalue weighted by Crippen LogP contribution is -2.37. The molecule has 1 fully saturated rings. The van der Waals surface area contributed by atoms with E-state index in [-0.39, 0.29) is 0 Å². The van der Waals surface area contributed by atoms with Crippen molar-refractivity contribution in [2.24, 2.45) is 0 Å². The maximum Gasteiger partial charge on any atom is 0.196 e. The Labute approximate surface area is 106 Å². The summed E-state index contributed by atoms with van der Waals surface area (Å²) >= 11 is 0. The van der Waals surface area contributed by atoms with Crippen LogP contribution in [0.1, 0.15) is 18.7 Å². The summed E-state index contributed by atoms with van der Waals surface area (Å²) in [5.74, 6) is 0.806. The Morgan fingerprint density at radius 1 is 1.33 bits per heavy atom. The second kappa shape index (κ2) is 5.50. The number of benzene rings is 1. The zero-order chi connectivity index (χ0) is 12.2. The standard InChI is InChI=1S/C14H18N2O2/c1-2-6-13-12(5-1)16-14(18-13)7-8-15-11-4-3-9-17-10-11/h1-2,5-6,11,15H,3-4,7-10H2/t11-/m0/s1. The van der Waals surface area contributed by atoms with Gasteiger partial charge in [0.2, 0.25) is 0 Å². The number of nitrogens with one attached hydrogen (secondary N) is 1. The van der Waals surface area contributed by atoms with Crippen molar-refractivity contribution in [1.29, 1.82) is 0 Å². The van der Waals surface area contributed by atoms with Crippen molar-refractivity contribution < 1.29 is 9.15 Å². The molecule has 0 saturated carbocycles. The monoisotopic (exact) mass is 246 g/mol. The van der Waals surface area contributed by atoms with E-state index in [1.54, 1.807) is 0 Å². The number of aromatic nitrogens is 1. The van der Waals surface area contributed by atoms with Gasteiger partial charge in [0, 0.05) is 25.6 Å². The molecule has 1 saturated heterocycles. The van der Waals surface area contributed by atoms with Gasteiger partial charge in [0.1, 0.15) is 5.52 Å². The number of fused-ring (bicyclic) bond motifs is 1. The molecular weight excluding hydrogens is 228 g/mol. The van der Waals surface area contributed by atoms with Crippen LogP contribution >= 0.6 is 0 Å². The Bertz CT molecular complexity index is 470. The summed E-state index contributed by atoms with van der Waals surface area (Å²) in [4.78, 5) is 4.46. The van der Waals surface area contributed by atoms with Crippen LogP contribution < -0.4 is 5.32 Å². The van der Waals surface area contributed by atoms with Crippen molar-refractivity contribution in [2.45, 2.75) is 25.3 Å². The fraction of sp³-hybridized carbons (Fsp3) is 0.500. The van der Waals surface area contributed by atoms with Crippen LogP contribution in [0.4, 0.5) is 0 Å². The lowest BCUT2D eigenvalue weighted by Gasteiger charge is -2.22. The van der Waals surface area contributed by atoms with E-state index in [1.165, 1.54) is 6.42 Å². The average Bonchev–Trinajstić information content (AvgIpc) is 2.82. The predicted octanol–water partition coefficient (Wildman–Crippen LogP) is 2.14. The molecule has 0 radical (unpaired) electrons. The van der Waals surface area contributed by atoms with Gasteiger partial charge in [-0.3, -0.25) is 0 Å². The first-order valence-corrected chi connectivity index (χ1v) is 6.57. The molecule has 96 valence electrons. The Balaban J connectivity index is 1.53. The highest BCUT2D eigenvalue weighted by molar-refractivity contribution is 5.72. The molecule has 1 atom stereocenters. The van der Waals surface area contributed by atoms with Gasteiger partial charge < -0.3 is 14.5 Å². The summed E-state index contributed by atoms with van der Waals surface area (Å²) in [5.41, 5.74) is 1.81. The number of hydrogen-bond donors (Lipinski definition) is 1. The Morgan fingerprint density at radius 2 is 2.28 bits per heavy atom. The predicted molar refractivity (Wildman–Crippen MR) is 69.6 cm³/mol.